The van der Waals surface area contributed by atoms with E-state index in [0.29, 0.717) is 0 Å². The van der Waals surface area contributed by atoms with Gasteiger partial charge in [-0.25, -0.2) is 0 Å². The van der Waals surface area contributed by atoms with Crippen molar-refractivity contribution in [2.24, 2.45) is 7.05 Å². The van der Waals surface area contributed by atoms with Gasteiger partial charge in [-0.15, -0.1) is 0 Å². The number of ether oxygens (including phenoxy) is 1. The summed E-state index contributed by atoms with van der Waals surface area (Å²) in [6.07, 6.45) is 2.19. The van der Waals surface area contributed by atoms with Crippen molar-refractivity contribution in [3.05, 3.63) is 69.2 Å². The predicted octanol–water partition coefficient (Wildman–Crippen LogP) is 4.23. The lowest BCUT2D eigenvalue weighted by atomic mass is 10.1. The molecule has 0 amide bonds. The zero-order valence-electron chi connectivity index (χ0n) is 14.9. The molecule has 0 N–H and O–H groups in total. The lowest BCUT2D eigenvalue weighted by Gasteiger charge is -2.23. The molecular weight excluding hydrogens is 330 g/mol. The van der Waals surface area contributed by atoms with Crippen molar-refractivity contribution in [1.29, 1.82) is 0 Å². The van der Waals surface area contributed by atoms with Gasteiger partial charge in [-0.1, -0.05) is 17.7 Å². The first-order valence-corrected chi connectivity index (χ1v) is 9.52. The second-order valence-corrected chi connectivity index (χ2v) is 7.64. The quantitative estimate of drug-likeness (QED) is 0.706. The smallest absolute Gasteiger partial charge is 0.137 e. The molecule has 130 valence electrons. The monoisotopic (exact) mass is 353 g/mol. The Bertz CT molecular complexity index is 869. The van der Waals surface area contributed by atoms with Crippen LogP contribution >= 0.6 is 11.3 Å². The van der Waals surface area contributed by atoms with Crippen molar-refractivity contribution < 1.29 is 4.74 Å². The number of nitrogens with zero attached hydrogens (tertiary/aromatic N) is 3. The Balaban J connectivity index is 1.67. The zero-order chi connectivity index (χ0) is 17.4. The number of hydrogen-bond acceptors (Lipinski definition) is 4. The van der Waals surface area contributed by atoms with Crippen LogP contribution < -0.4 is 4.74 Å². The van der Waals surface area contributed by atoms with Gasteiger partial charge in [0.15, 0.2) is 0 Å². The summed E-state index contributed by atoms with van der Waals surface area (Å²) in [5, 5.41) is 8.80. The van der Waals surface area contributed by atoms with E-state index in [9.17, 15) is 0 Å². The number of rotatable bonds is 3. The van der Waals surface area contributed by atoms with Gasteiger partial charge < -0.3 is 4.74 Å². The van der Waals surface area contributed by atoms with Gasteiger partial charge in [0.1, 0.15) is 11.9 Å². The maximum atomic E-state index is 6.40. The minimum atomic E-state index is 0.0622. The Hall–Kier alpha value is -2.11. The summed E-state index contributed by atoms with van der Waals surface area (Å²) in [5.41, 5.74) is 6.17. The van der Waals surface area contributed by atoms with Gasteiger partial charge in [0.05, 0.1) is 5.69 Å². The van der Waals surface area contributed by atoms with Crippen molar-refractivity contribution >= 4 is 11.3 Å². The van der Waals surface area contributed by atoms with Crippen LogP contribution in [0.25, 0.3) is 0 Å². The molecule has 1 atom stereocenters. The van der Waals surface area contributed by atoms with Gasteiger partial charge >= 0.3 is 0 Å². The van der Waals surface area contributed by atoms with Gasteiger partial charge in [-0.05, 0) is 36.7 Å². The lowest BCUT2D eigenvalue weighted by Crippen LogP contribution is -2.27. The minimum absolute atomic E-state index is 0.0622. The van der Waals surface area contributed by atoms with E-state index in [1.807, 2.05) is 11.7 Å². The summed E-state index contributed by atoms with van der Waals surface area (Å²) in [6.45, 7) is 6.87. The number of hydrogen-bond donors (Lipinski definition) is 0. The second kappa shape index (κ2) is 6.65. The Labute approximate surface area is 152 Å². The number of aromatic nitrogens is 2. The van der Waals surface area contributed by atoms with Crippen LogP contribution in [0.1, 0.15) is 34.1 Å². The first-order valence-electron chi connectivity index (χ1n) is 8.58. The summed E-state index contributed by atoms with van der Waals surface area (Å²) < 4.78 is 8.30. The van der Waals surface area contributed by atoms with Crippen LogP contribution in [0.15, 0.2) is 41.2 Å². The first kappa shape index (κ1) is 16.4. The first-order chi connectivity index (χ1) is 12.1. The largest absolute Gasteiger partial charge is 0.484 e. The molecule has 1 aliphatic rings. The van der Waals surface area contributed by atoms with E-state index in [0.717, 1.165) is 31.1 Å². The molecule has 3 aromatic rings. The van der Waals surface area contributed by atoms with E-state index in [4.69, 9.17) is 4.74 Å². The van der Waals surface area contributed by atoms with Crippen molar-refractivity contribution in [2.75, 3.05) is 6.54 Å². The van der Waals surface area contributed by atoms with E-state index in [2.05, 4.69) is 65.1 Å². The summed E-state index contributed by atoms with van der Waals surface area (Å²) >= 11 is 1.72. The Kier molecular flexibility index (Phi) is 4.36. The molecule has 25 heavy (non-hydrogen) atoms. The molecule has 3 heterocycles. The fourth-order valence-electron chi connectivity index (χ4n) is 3.47. The molecule has 0 saturated carbocycles. The van der Waals surface area contributed by atoms with Crippen molar-refractivity contribution in [3.63, 3.8) is 0 Å². The SMILES string of the molecule is Cc1ccc2c(c1)CN(Cc1cn(C)nc1C)CC(c1ccsc1)O2. The average molecular weight is 353 g/mol. The van der Waals surface area contributed by atoms with Crippen LogP contribution in [0, 0.1) is 13.8 Å². The maximum absolute atomic E-state index is 6.40. The standard InChI is InChI=1S/C20H23N3OS/c1-14-4-5-19-17(8-14)10-23(11-18-9-22(3)21-15(18)2)12-20(24-19)16-6-7-25-13-16/h4-9,13,20H,10-12H2,1-3H3. The van der Waals surface area contributed by atoms with Gasteiger partial charge in [-0.2, -0.15) is 16.4 Å². The van der Waals surface area contributed by atoms with E-state index in [1.54, 1.807) is 11.3 Å². The lowest BCUT2D eigenvalue weighted by molar-refractivity contribution is 0.144. The van der Waals surface area contributed by atoms with Crippen LogP contribution in [0.2, 0.25) is 0 Å². The molecule has 0 fully saturated rings. The third-order valence-electron chi connectivity index (χ3n) is 4.73. The Morgan fingerprint density at radius 1 is 1.28 bits per heavy atom. The highest BCUT2D eigenvalue weighted by Crippen LogP contribution is 2.33. The third kappa shape index (κ3) is 3.48. The zero-order valence-corrected chi connectivity index (χ0v) is 15.7. The van der Waals surface area contributed by atoms with Gasteiger partial charge in [0.2, 0.25) is 0 Å². The van der Waals surface area contributed by atoms with Gasteiger partial charge in [0, 0.05) is 49.6 Å². The van der Waals surface area contributed by atoms with Gasteiger partial charge in [-0.3, -0.25) is 9.58 Å². The van der Waals surface area contributed by atoms with Crippen LogP contribution in [0.5, 0.6) is 5.75 Å². The topological polar surface area (TPSA) is 30.3 Å². The highest BCUT2D eigenvalue weighted by Gasteiger charge is 2.25. The molecule has 2 aromatic heterocycles. The molecular formula is C20H23N3OS. The molecule has 0 saturated heterocycles. The summed E-state index contributed by atoms with van der Waals surface area (Å²) in [4.78, 5) is 2.47. The van der Waals surface area contributed by atoms with Gasteiger partial charge in [0.25, 0.3) is 0 Å². The van der Waals surface area contributed by atoms with Crippen LogP contribution in [0.4, 0.5) is 0 Å². The van der Waals surface area contributed by atoms with E-state index >= 15 is 0 Å². The fourth-order valence-corrected chi connectivity index (χ4v) is 4.18. The molecule has 1 aliphatic heterocycles. The minimum Gasteiger partial charge on any atom is -0.484 e. The molecule has 0 bridgehead atoms. The van der Waals surface area contributed by atoms with E-state index in [-0.39, 0.29) is 6.10 Å². The molecule has 4 rings (SSSR count). The number of benzene rings is 1. The normalized spacial score (nSPS) is 17.8. The maximum Gasteiger partial charge on any atom is 0.137 e. The molecule has 0 aliphatic carbocycles. The highest BCUT2D eigenvalue weighted by molar-refractivity contribution is 7.07. The van der Waals surface area contributed by atoms with Crippen molar-refractivity contribution in [2.45, 2.75) is 33.0 Å². The molecule has 4 nitrogen and oxygen atoms in total. The second-order valence-electron chi connectivity index (χ2n) is 6.86. The predicted molar refractivity (Wildman–Crippen MR) is 101 cm³/mol. The third-order valence-corrected chi connectivity index (χ3v) is 5.43. The van der Waals surface area contributed by atoms with Crippen molar-refractivity contribution in [3.8, 4) is 5.75 Å². The number of aryl methyl sites for hydroxylation is 3. The highest BCUT2D eigenvalue weighted by atomic mass is 32.1. The summed E-state index contributed by atoms with van der Waals surface area (Å²) in [7, 11) is 1.98. The van der Waals surface area contributed by atoms with E-state index in [1.165, 1.54) is 22.3 Å². The van der Waals surface area contributed by atoms with Crippen LogP contribution in [0.3, 0.4) is 0 Å². The molecule has 1 aromatic carbocycles. The molecule has 0 spiro atoms. The van der Waals surface area contributed by atoms with Crippen LogP contribution in [-0.4, -0.2) is 21.2 Å². The molecule has 5 heteroatoms. The Morgan fingerprint density at radius 2 is 2.16 bits per heavy atom. The average Bonchev–Trinajstić information content (AvgIpc) is 3.15. The molecule has 0 radical (unpaired) electrons. The Morgan fingerprint density at radius 3 is 2.88 bits per heavy atom. The van der Waals surface area contributed by atoms with Crippen LogP contribution in [-0.2, 0) is 20.1 Å². The summed E-state index contributed by atoms with van der Waals surface area (Å²) in [6, 6.07) is 8.66. The number of fused-ring (bicyclic) bond motifs is 1. The summed E-state index contributed by atoms with van der Waals surface area (Å²) in [5.74, 6) is 1.01. The number of thiophene rings is 1. The van der Waals surface area contributed by atoms with Crippen molar-refractivity contribution in [1.82, 2.24) is 14.7 Å². The molecule has 1 unspecified atom stereocenters. The van der Waals surface area contributed by atoms with E-state index < -0.39 is 0 Å². The fraction of sp³-hybridized carbons (Fsp3) is 0.350.